The molecule has 160 valence electrons. The van der Waals surface area contributed by atoms with Gasteiger partial charge in [0.05, 0.1) is 6.04 Å². The van der Waals surface area contributed by atoms with Gasteiger partial charge in [-0.15, -0.1) is 0 Å². The molecule has 0 radical (unpaired) electrons. The van der Waals surface area contributed by atoms with Crippen LogP contribution in [-0.4, -0.2) is 60.7 Å². The third-order valence-corrected chi connectivity index (χ3v) is 4.02. The molecule has 0 spiro atoms. The van der Waals surface area contributed by atoms with E-state index in [0.717, 1.165) is 6.42 Å². The van der Waals surface area contributed by atoms with E-state index in [1.807, 2.05) is 32.6 Å². The number of hydrogen-bond acceptors (Lipinski definition) is 4. The fraction of sp³-hybridized carbons (Fsp3) is 0.550. The number of ether oxygens (including phenoxy) is 1. The van der Waals surface area contributed by atoms with E-state index < -0.39 is 17.5 Å². The van der Waals surface area contributed by atoms with Crippen LogP contribution in [0.5, 0.6) is 0 Å². The van der Waals surface area contributed by atoms with Crippen molar-refractivity contribution < 1.29 is 18.7 Å². The molecule has 1 aromatic carbocycles. The van der Waals surface area contributed by atoms with Crippen LogP contribution < -0.4 is 16.0 Å². The predicted octanol–water partition coefficient (Wildman–Crippen LogP) is 2.33. The van der Waals surface area contributed by atoms with Gasteiger partial charge >= 0.3 is 6.09 Å². The number of nitrogens with zero attached hydrogens (tertiary/aromatic N) is 2. The highest BCUT2D eigenvalue weighted by atomic mass is 19.1. The lowest BCUT2D eigenvalue weighted by Crippen LogP contribution is -2.44. The average Bonchev–Trinajstić information content (AvgIpc) is 3.05. The Morgan fingerprint density at radius 1 is 1.34 bits per heavy atom. The van der Waals surface area contributed by atoms with Crippen LogP contribution in [0.1, 0.15) is 34.1 Å². The predicted molar refractivity (Wildman–Crippen MR) is 110 cm³/mol. The number of carbonyl (C=O) groups excluding carboxylic acids is 2. The van der Waals surface area contributed by atoms with Gasteiger partial charge in [0.2, 0.25) is 5.91 Å². The molecule has 8 nitrogen and oxygen atoms in total. The molecule has 1 unspecified atom stereocenters. The minimum absolute atomic E-state index is 0.0603. The molecule has 1 fully saturated rings. The molecule has 29 heavy (non-hydrogen) atoms. The number of hydrogen-bond donors (Lipinski definition) is 3. The van der Waals surface area contributed by atoms with Gasteiger partial charge in [0, 0.05) is 25.3 Å². The van der Waals surface area contributed by atoms with Crippen molar-refractivity contribution in [3.63, 3.8) is 0 Å². The van der Waals surface area contributed by atoms with E-state index in [9.17, 15) is 14.0 Å². The SMILES string of the molecule is CCNC(=NCC(=O)Nc1cccc(F)c1)N1CCC(NC(=O)OC(C)(C)C)C1. The van der Waals surface area contributed by atoms with E-state index in [2.05, 4.69) is 20.9 Å². The number of likely N-dealkylation sites (tertiary alicyclic amines) is 1. The second-order valence-corrected chi connectivity index (χ2v) is 7.81. The van der Waals surface area contributed by atoms with E-state index in [1.54, 1.807) is 6.07 Å². The van der Waals surface area contributed by atoms with Crippen LogP contribution in [0.25, 0.3) is 0 Å². The number of carbonyl (C=O) groups is 2. The van der Waals surface area contributed by atoms with Crippen molar-refractivity contribution in [1.82, 2.24) is 15.5 Å². The Morgan fingerprint density at radius 2 is 2.10 bits per heavy atom. The van der Waals surface area contributed by atoms with Crippen LogP contribution in [0.2, 0.25) is 0 Å². The smallest absolute Gasteiger partial charge is 0.407 e. The molecule has 1 saturated heterocycles. The number of benzene rings is 1. The lowest BCUT2D eigenvalue weighted by atomic mass is 10.2. The lowest BCUT2D eigenvalue weighted by Gasteiger charge is -2.23. The zero-order valence-corrected chi connectivity index (χ0v) is 17.4. The van der Waals surface area contributed by atoms with Gasteiger partial charge in [0.25, 0.3) is 0 Å². The monoisotopic (exact) mass is 407 g/mol. The normalized spacial score (nSPS) is 17.1. The Morgan fingerprint density at radius 3 is 2.76 bits per heavy atom. The van der Waals surface area contributed by atoms with E-state index >= 15 is 0 Å². The zero-order chi connectivity index (χ0) is 21.4. The second kappa shape index (κ2) is 10.1. The first-order valence-corrected chi connectivity index (χ1v) is 9.74. The molecule has 0 aliphatic carbocycles. The minimum Gasteiger partial charge on any atom is -0.444 e. The van der Waals surface area contributed by atoms with Crippen LogP contribution in [-0.2, 0) is 9.53 Å². The quantitative estimate of drug-likeness (QED) is 0.514. The summed E-state index contributed by atoms with van der Waals surface area (Å²) in [6.07, 6.45) is 0.305. The molecular formula is C20H30FN5O3. The maximum absolute atomic E-state index is 13.2. The number of amides is 2. The first kappa shape index (κ1) is 22.4. The van der Waals surface area contributed by atoms with E-state index in [4.69, 9.17) is 4.74 Å². The average molecular weight is 407 g/mol. The molecule has 1 atom stereocenters. The lowest BCUT2D eigenvalue weighted by molar-refractivity contribution is -0.114. The summed E-state index contributed by atoms with van der Waals surface area (Å²) in [5.74, 6) is -0.163. The molecule has 0 bridgehead atoms. The van der Waals surface area contributed by atoms with Crippen molar-refractivity contribution in [2.24, 2.45) is 4.99 Å². The minimum atomic E-state index is -0.548. The Labute approximate surface area is 170 Å². The molecule has 0 aromatic heterocycles. The van der Waals surface area contributed by atoms with Crippen molar-refractivity contribution in [3.8, 4) is 0 Å². The van der Waals surface area contributed by atoms with E-state index in [0.29, 0.717) is 31.3 Å². The topological polar surface area (TPSA) is 95.1 Å². The molecule has 1 heterocycles. The first-order valence-electron chi connectivity index (χ1n) is 9.74. The summed E-state index contributed by atoms with van der Waals surface area (Å²) in [5, 5.41) is 8.64. The summed E-state index contributed by atoms with van der Waals surface area (Å²) in [6.45, 7) is 9.20. The van der Waals surface area contributed by atoms with Gasteiger partial charge in [-0.05, 0) is 52.3 Å². The Kier molecular flexibility index (Phi) is 7.81. The number of alkyl carbamates (subject to hydrolysis) is 1. The Hall–Kier alpha value is -2.84. The standard InChI is InChI=1S/C20H30FN5O3/c1-5-22-18(23-12-17(27)24-15-8-6-7-14(21)11-15)26-10-9-16(13-26)25-19(28)29-20(2,3)4/h6-8,11,16H,5,9-10,12-13H2,1-4H3,(H,22,23)(H,24,27)(H,25,28). The van der Waals surface area contributed by atoms with Crippen LogP contribution in [0.3, 0.4) is 0 Å². The summed E-state index contributed by atoms with van der Waals surface area (Å²) < 4.78 is 18.5. The van der Waals surface area contributed by atoms with Gasteiger partial charge in [-0.1, -0.05) is 6.07 Å². The highest BCUT2D eigenvalue weighted by Gasteiger charge is 2.28. The van der Waals surface area contributed by atoms with Crippen molar-refractivity contribution in [3.05, 3.63) is 30.1 Å². The van der Waals surface area contributed by atoms with Crippen molar-refractivity contribution in [2.75, 3.05) is 31.5 Å². The highest BCUT2D eigenvalue weighted by Crippen LogP contribution is 2.12. The van der Waals surface area contributed by atoms with Crippen molar-refractivity contribution >= 4 is 23.6 Å². The maximum Gasteiger partial charge on any atom is 0.407 e. The molecule has 1 aliphatic rings. The van der Waals surface area contributed by atoms with Gasteiger partial charge < -0.3 is 25.6 Å². The summed E-state index contributed by atoms with van der Waals surface area (Å²) in [7, 11) is 0. The number of rotatable bonds is 5. The molecule has 1 aliphatic heterocycles. The van der Waals surface area contributed by atoms with Crippen LogP contribution in [0.15, 0.2) is 29.3 Å². The van der Waals surface area contributed by atoms with Gasteiger partial charge in [0.15, 0.2) is 5.96 Å². The van der Waals surface area contributed by atoms with Crippen LogP contribution in [0, 0.1) is 5.82 Å². The fourth-order valence-electron chi connectivity index (χ4n) is 2.88. The number of halogens is 1. The summed E-state index contributed by atoms with van der Waals surface area (Å²) >= 11 is 0. The van der Waals surface area contributed by atoms with Gasteiger partial charge in [0.1, 0.15) is 18.0 Å². The number of nitrogens with one attached hydrogen (secondary N) is 3. The van der Waals surface area contributed by atoms with E-state index in [1.165, 1.54) is 18.2 Å². The molecule has 9 heteroatoms. The van der Waals surface area contributed by atoms with Gasteiger partial charge in [-0.25, -0.2) is 14.2 Å². The van der Waals surface area contributed by atoms with Crippen LogP contribution in [0.4, 0.5) is 14.9 Å². The number of anilines is 1. The summed E-state index contributed by atoms with van der Waals surface area (Å²) in [6, 6.07) is 5.64. The van der Waals surface area contributed by atoms with Crippen molar-refractivity contribution in [1.29, 1.82) is 0 Å². The molecule has 3 N–H and O–H groups in total. The number of guanidine groups is 1. The molecular weight excluding hydrogens is 377 g/mol. The first-order chi connectivity index (χ1) is 13.7. The Bertz CT molecular complexity index is 748. The Balaban J connectivity index is 1.90. The van der Waals surface area contributed by atoms with E-state index in [-0.39, 0.29) is 18.5 Å². The maximum atomic E-state index is 13.2. The number of aliphatic imine (C=N–C) groups is 1. The van der Waals surface area contributed by atoms with Gasteiger partial charge in [-0.2, -0.15) is 0 Å². The van der Waals surface area contributed by atoms with Gasteiger partial charge in [-0.3, -0.25) is 4.79 Å². The largest absolute Gasteiger partial charge is 0.444 e. The molecule has 2 amide bonds. The molecule has 2 rings (SSSR count). The highest BCUT2D eigenvalue weighted by molar-refractivity contribution is 5.94. The molecule has 1 aromatic rings. The second-order valence-electron chi connectivity index (χ2n) is 7.81. The van der Waals surface area contributed by atoms with Crippen LogP contribution >= 0.6 is 0 Å². The third-order valence-electron chi connectivity index (χ3n) is 4.02. The summed E-state index contributed by atoms with van der Waals surface area (Å²) in [4.78, 5) is 30.4. The fourth-order valence-corrected chi connectivity index (χ4v) is 2.88. The van der Waals surface area contributed by atoms with Crippen molar-refractivity contribution in [2.45, 2.75) is 45.8 Å². The summed E-state index contributed by atoms with van der Waals surface area (Å²) in [5.41, 5.74) is -0.161. The third kappa shape index (κ3) is 7.97. The molecule has 0 saturated carbocycles. The zero-order valence-electron chi connectivity index (χ0n) is 17.4.